The van der Waals surface area contributed by atoms with Gasteiger partial charge in [-0.25, -0.2) is 0 Å². The first-order valence-electron chi connectivity index (χ1n) is 14.7. The molecule has 0 aromatic heterocycles. The Hall–Kier alpha value is -2.37. The van der Waals surface area contributed by atoms with Crippen LogP contribution in [0.3, 0.4) is 0 Å². The largest absolute Gasteiger partial charge is 0.508 e. The molecule has 37 heavy (non-hydrogen) atoms. The third kappa shape index (κ3) is 2.70. The van der Waals surface area contributed by atoms with Crippen LogP contribution < -0.4 is 5.32 Å². The fourth-order valence-corrected chi connectivity index (χ4v) is 10.9. The first-order chi connectivity index (χ1) is 18.1. The second-order valence-corrected chi connectivity index (χ2v) is 13.0. The van der Waals surface area contributed by atoms with Crippen LogP contribution in [0, 0.1) is 29.1 Å². The Labute approximate surface area is 220 Å². The molecule has 1 amide bonds. The van der Waals surface area contributed by atoms with Gasteiger partial charge < -0.3 is 15.3 Å². The molecule has 6 unspecified atom stereocenters. The number of hydrogen-bond donors (Lipinski definition) is 2. The SMILES string of the molecule is CCC1C2C3[C@@H](CN1C(=O)c1ccccc1)CC31C3Cc4ccc(O)cc4C21CCN3C[C@@H]1CCNC1. The van der Waals surface area contributed by atoms with Gasteiger partial charge in [0.1, 0.15) is 5.75 Å². The van der Waals surface area contributed by atoms with Crippen molar-refractivity contribution in [2.75, 3.05) is 32.7 Å². The molecule has 2 aromatic rings. The molecule has 3 aliphatic heterocycles. The summed E-state index contributed by atoms with van der Waals surface area (Å²) in [6.45, 7) is 7.90. The summed E-state index contributed by atoms with van der Waals surface area (Å²) in [7, 11) is 0. The summed E-state index contributed by atoms with van der Waals surface area (Å²) in [5, 5.41) is 14.3. The van der Waals surface area contributed by atoms with Crippen LogP contribution in [0.15, 0.2) is 48.5 Å². The number of amides is 1. The molecule has 3 aliphatic carbocycles. The molecule has 194 valence electrons. The van der Waals surface area contributed by atoms with E-state index in [1.807, 2.05) is 36.4 Å². The van der Waals surface area contributed by atoms with E-state index < -0.39 is 0 Å². The average Bonchev–Trinajstić information content (AvgIpc) is 3.41. The Morgan fingerprint density at radius 1 is 1.16 bits per heavy atom. The molecular weight excluding hydrogens is 458 g/mol. The van der Waals surface area contributed by atoms with E-state index >= 15 is 0 Å². The molecule has 8 atom stereocenters. The summed E-state index contributed by atoms with van der Waals surface area (Å²) < 4.78 is 0. The zero-order valence-corrected chi connectivity index (χ0v) is 21.9. The van der Waals surface area contributed by atoms with Crippen LogP contribution in [0.4, 0.5) is 0 Å². The van der Waals surface area contributed by atoms with Crippen LogP contribution in [0.25, 0.3) is 0 Å². The monoisotopic (exact) mass is 497 g/mol. The standard InChI is InChI=1S/C32H39N3O2/c1-2-26-29-28-23(19-35(26)30(37)21-6-4-3-5-7-21)16-32(28)27-14-22-8-9-24(36)15-25(22)31(29,32)11-13-34(27)18-20-10-12-33-17-20/h3-9,15,20,23,26-29,33,36H,2,10-14,16-19H2,1H3/t20-,23-,26?,27?,28?,29?,31?,32?/m1/s1. The van der Waals surface area contributed by atoms with E-state index in [9.17, 15) is 9.90 Å². The number of hydrogen-bond acceptors (Lipinski definition) is 4. The van der Waals surface area contributed by atoms with Crippen molar-refractivity contribution in [1.82, 2.24) is 15.1 Å². The van der Waals surface area contributed by atoms with Gasteiger partial charge in [0.25, 0.3) is 5.91 Å². The van der Waals surface area contributed by atoms with E-state index in [2.05, 4.69) is 34.2 Å². The second kappa shape index (κ2) is 7.83. The Balaban J connectivity index is 1.22. The van der Waals surface area contributed by atoms with Gasteiger partial charge in [0.05, 0.1) is 0 Å². The van der Waals surface area contributed by atoms with E-state index in [-0.39, 0.29) is 17.4 Å². The maximum Gasteiger partial charge on any atom is 0.254 e. The van der Waals surface area contributed by atoms with E-state index in [4.69, 9.17) is 0 Å². The zero-order chi connectivity index (χ0) is 24.9. The molecule has 2 N–H and O–H groups in total. The van der Waals surface area contributed by atoms with Crippen molar-refractivity contribution >= 4 is 5.91 Å². The summed E-state index contributed by atoms with van der Waals surface area (Å²) in [4.78, 5) is 19.0. The number of benzene rings is 2. The summed E-state index contributed by atoms with van der Waals surface area (Å²) >= 11 is 0. The molecule has 1 spiro atoms. The predicted octanol–water partition coefficient (Wildman–Crippen LogP) is 4.06. The third-order valence-electron chi connectivity index (χ3n) is 11.9. The van der Waals surface area contributed by atoms with Gasteiger partial charge in [0.15, 0.2) is 0 Å². The summed E-state index contributed by atoms with van der Waals surface area (Å²) in [6.07, 6.45) is 5.83. The first kappa shape index (κ1) is 22.6. The van der Waals surface area contributed by atoms with Crippen LogP contribution in [-0.4, -0.2) is 65.6 Å². The molecule has 8 rings (SSSR count). The molecule has 0 radical (unpaired) electrons. The lowest BCUT2D eigenvalue weighted by molar-refractivity contribution is -0.349. The predicted molar refractivity (Wildman–Crippen MR) is 144 cm³/mol. The Morgan fingerprint density at radius 3 is 2.81 bits per heavy atom. The lowest BCUT2D eigenvalue weighted by Gasteiger charge is -2.88. The van der Waals surface area contributed by atoms with E-state index in [1.54, 1.807) is 0 Å². The van der Waals surface area contributed by atoms with Crippen molar-refractivity contribution in [3.05, 3.63) is 65.2 Å². The number of likely N-dealkylation sites (tertiary alicyclic amines) is 2. The van der Waals surface area contributed by atoms with Gasteiger partial charge in [-0.15, -0.1) is 0 Å². The lowest BCUT2D eigenvalue weighted by Crippen LogP contribution is -2.90. The van der Waals surface area contributed by atoms with Crippen molar-refractivity contribution in [2.45, 2.75) is 56.5 Å². The van der Waals surface area contributed by atoms with Crippen molar-refractivity contribution in [1.29, 1.82) is 0 Å². The minimum absolute atomic E-state index is 0.0892. The molecule has 3 saturated heterocycles. The number of carbonyl (C=O) groups is 1. The highest BCUT2D eigenvalue weighted by molar-refractivity contribution is 5.94. The summed E-state index contributed by atoms with van der Waals surface area (Å²) in [6, 6.07) is 17.0. The topological polar surface area (TPSA) is 55.8 Å². The average molecular weight is 498 g/mol. The van der Waals surface area contributed by atoms with Gasteiger partial charge in [-0.2, -0.15) is 0 Å². The van der Waals surface area contributed by atoms with E-state index in [1.165, 1.54) is 30.5 Å². The van der Waals surface area contributed by atoms with Gasteiger partial charge in [-0.05, 0) is 111 Å². The quantitative estimate of drug-likeness (QED) is 0.669. The number of phenolic OH excluding ortho intramolecular Hbond substituents is 1. The fraction of sp³-hybridized carbons (Fsp3) is 0.594. The van der Waals surface area contributed by atoms with Crippen LogP contribution in [0.1, 0.15) is 54.1 Å². The molecular formula is C32H39N3O2. The van der Waals surface area contributed by atoms with Gasteiger partial charge in [-0.3, -0.25) is 9.69 Å². The number of fused-ring (bicyclic) bond motifs is 1. The molecule has 2 saturated carbocycles. The number of nitrogens with one attached hydrogen (secondary N) is 1. The first-order valence-corrected chi connectivity index (χ1v) is 14.7. The number of carbonyl (C=O) groups excluding carboxylic acids is 1. The van der Waals surface area contributed by atoms with Gasteiger partial charge >= 0.3 is 0 Å². The fourth-order valence-electron chi connectivity index (χ4n) is 10.9. The third-order valence-corrected chi connectivity index (χ3v) is 11.9. The Kier molecular flexibility index (Phi) is 4.78. The minimum Gasteiger partial charge on any atom is -0.508 e. The summed E-state index contributed by atoms with van der Waals surface area (Å²) in [5.74, 6) is 3.20. The van der Waals surface area contributed by atoms with Crippen LogP contribution in [-0.2, 0) is 11.8 Å². The highest BCUT2D eigenvalue weighted by atomic mass is 16.3. The Bertz CT molecular complexity index is 1240. The molecule has 6 aliphatic rings. The van der Waals surface area contributed by atoms with Gasteiger partial charge in [0, 0.05) is 41.6 Å². The van der Waals surface area contributed by atoms with Crippen molar-refractivity contribution < 1.29 is 9.90 Å². The zero-order valence-electron chi connectivity index (χ0n) is 21.9. The number of nitrogens with zero attached hydrogens (tertiary/aromatic N) is 2. The second-order valence-electron chi connectivity index (χ2n) is 13.0. The summed E-state index contributed by atoms with van der Waals surface area (Å²) in [5.41, 5.74) is 4.11. The highest BCUT2D eigenvalue weighted by Crippen LogP contribution is 2.84. The maximum absolute atomic E-state index is 13.9. The van der Waals surface area contributed by atoms with Crippen LogP contribution in [0.2, 0.25) is 0 Å². The minimum atomic E-state index is 0.0892. The smallest absolute Gasteiger partial charge is 0.254 e. The molecule has 2 aromatic carbocycles. The van der Waals surface area contributed by atoms with Gasteiger partial charge in [0.2, 0.25) is 0 Å². The van der Waals surface area contributed by atoms with Crippen molar-refractivity contribution in [3.63, 3.8) is 0 Å². The number of aromatic hydroxyl groups is 1. The highest BCUT2D eigenvalue weighted by Gasteiger charge is 2.85. The number of rotatable bonds is 4. The van der Waals surface area contributed by atoms with E-state index in [0.717, 1.165) is 56.9 Å². The van der Waals surface area contributed by atoms with Crippen LogP contribution >= 0.6 is 0 Å². The maximum atomic E-state index is 13.9. The normalized spacial score (nSPS) is 41.2. The molecule has 5 heteroatoms. The van der Waals surface area contributed by atoms with Gasteiger partial charge in [-0.1, -0.05) is 31.2 Å². The molecule has 5 fully saturated rings. The number of piperidine rings is 2. The van der Waals surface area contributed by atoms with Crippen molar-refractivity contribution in [2.24, 2.45) is 29.1 Å². The lowest BCUT2D eigenvalue weighted by atomic mass is 9.20. The van der Waals surface area contributed by atoms with E-state index in [0.29, 0.717) is 35.0 Å². The van der Waals surface area contributed by atoms with Crippen LogP contribution in [0.5, 0.6) is 5.75 Å². The molecule has 2 bridgehead atoms. The van der Waals surface area contributed by atoms with Crippen molar-refractivity contribution in [3.8, 4) is 5.75 Å². The Morgan fingerprint density at radius 2 is 2.03 bits per heavy atom. The number of phenols is 1. The molecule has 5 nitrogen and oxygen atoms in total. The molecule has 3 heterocycles.